The lowest BCUT2D eigenvalue weighted by Gasteiger charge is -2.14. The third kappa shape index (κ3) is 3.92. The first-order chi connectivity index (χ1) is 9.56. The Morgan fingerprint density at radius 1 is 1.10 bits per heavy atom. The van der Waals surface area contributed by atoms with Crippen molar-refractivity contribution in [3.8, 4) is 5.75 Å². The van der Waals surface area contributed by atoms with Gasteiger partial charge in [-0.1, -0.05) is 23.7 Å². The maximum Gasteiger partial charge on any atom is 0.162 e. The van der Waals surface area contributed by atoms with Crippen LogP contribution in [-0.2, 0) is 6.42 Å². The predicted molar refractivity (Wildman–Crippen MR) is 75.0 cm³/mol. The van der Waals surface area contributed by atoms with Crippen LogP contribution in [0.15, 0.2) is 42.5 Å². The minimum Gasteiger partial charge on any atom is -0.492 e. The van der Waals surface area contributed by atoms with Gasteiger partial charge in [-0.2, -0.15) is 0 Å². The molecule has 2 nitrogen and oxygen atoms in total. The molecular weight excluding hydrogens is 284 g/mol. The zero-order chi connectivity index (χ0) is 14.5. The lowest BCUT2D eigenvalue weighted by molar-refractivity contribution is 0.286. The van der Waals surface area contributed by atoms with Crippen molar-refractivity contribution in [3.63, 3.8) is 0 Å². The molecule has 2 rings (SSSR count). The zero-order valence-corrected chi connectivity index (χ0v) is 11.4. The van der Waals surface area contributed by atoms with Gasteiger partial charge in [-0.15, -0.1) is 0 Å². The first-order valence-corrected chi connectivity index (χ1v) is 6.51. The van der Waals surface area contributed by atoms with E-state index in [-0.39, 0.29) is 18.6 Å². The minimum atomic E-state index is -0.867. The standard InChI is InChI=1S/C15H14ClF2NO/c16-11-4-6-13(7-5-11)20-9-12(19)8-10-2-1-3-14(17)15(10)18/h1-7,12H,8-9,19H2. The second-order valence-electron chi connectivity index (χ2n) is 4.44. The van der Waals surface area contributed by atoms with E-state index < -0.39 is 17.7 Å². The molecule has 0 radical (unpaired) electrons. The molecule has 0 fully saturated rings. The van der Waals surface area contributed by atoms with E-state index in [1.54, 1.807) is 24.3 Å². The lowest BCUT2D eigenvalue weighted by atomic mass is 10.1. The van der Waals surface area contributed by atoms with Gasteiger partial charge in [0.15, 0.2) is 11.6 Å². The lowest BCUT2D eigenvalue weighted by Crippen LogP contribution is -2.30. The summed E-state index contributed by atoms with van der Waals surface area (Å²) in [6, 6.07) is 10.5. The molecule has 0 aliphatic carbocycles. The molecule has 0 aromatic heterocycles. The summed E-state index contributed by atoms with van der Waals surface area (Å²) in [6.07, 6.45) is 0.206. The van der Waals surface area contributed by atoms with Crippen molar-refractivity contribution in [2.45, 2.75) is 12.5 Å². The van der Waals surface area contributed by atoms with Crippen LogP contribution < -0.4 is 10.5 Å². The normalized spacial score (nSPS) is 12.2. The van der Waals surface area contributed by atoms with Gasteiger partial charge in [0.05, 0.1) is 0 Å². The Labute approximate surface area is 121 Å². The van der Waals surface area contributed by atoms with E-state index in [1.165, 1.54) is 12.1 Å². The van der Waals surface area contributed by atoms with Gasteiger partial charge in [-0.3, -0.25) is 0 Å². The Kier molecular flexibility index (Phi) is 4.93. The highest BCUT2D eigenvalue weighted by atomic mass is 35.5. The number of ether oxygens (including phenoxy) is 1. The van der Waals surface area contributed by atoms with Gasteiger partial charge in [-0.05, 0) is 42.3 Å². The summed E-state index contributed by atoms with van der Waals surface area (Å²) >= 11 is 5.76. The van der Waals surface area contributed by atoms with Gasteiger partial charge in [0.2, 0.25) is 0 Å². The molecule has 2 aromatic rings. The molecular formula is C15H14ClF2NO. The average molecular weight is 298 g/mol. The third-order valence-corrected chi connectivity index (χ3v) is 3.04. The van der Waals surface area contributed by atoms with Crippen molar-refractivity contribution in [1.29, 1.82) is 0 Å². The topological polar surface area (TPSA) is 35.2 Å². The molecule has 0 aliphatic rings. The number of rotatable bonds is 5. The summed E-state index contributed by atoms with van der Waals surface area (Å²) in [5, 5.41) is 0.614. The predicted octanol–water partition coefficient (Wildman–Crippen LogP) is 3.57. The van der Waals surface area contributed by atoms with E-state index in [4.69, 9.17) is 22.1 Å². The molecule has 0 heterocycles. The maximum absolute atomic E-state index is 13.5. The van der Waals surface area contributed by atoms with Crippen molar-refractivity contribution in [2.24, 2.45) is 5.73 Å². The van der Waals surface area contributed by atoms with Crippen LogP contribution in [0.5, 0.6) is 5.75 Å². The Bertz CT molecular complexity index is 575. The van der Waals surface area contributed by atoms with Crippen molar-refractivity contribution in [3.05, 3.63) is 64.7 Å². The molecule has 0 amide bonds. The van der Waals surface area contributed by atoms with Gasteiger partial charge in [0.1, 0.15) is 12.4 Å². The van der Waals surface area contributed by atoms with E-state index in [0.717, 1.165) is 6.07 Å². The summed E-state index contributed by atoms with van der Waals surface area (Å²) in [7, 11) is 0. The summed E-state index contributed by atoms with van der Waals surface area (Å²) in [4.78, 5) is 0. The molecule has 0 aliphatic heterocycles. The first-order valence-electron chi connectivity index (χ1n) is 6.13. The van der Waals surface area contributed by atoms with Crippen LogP contribution in [-0.4, -0.2) is 12.6 Å². The molecule has 20 heavy (non-hydrogen) atoms. The summed E-state index contributed by atoms with van der Waals surface area (Å²) in [5.74, 6) is -1.09. The van der Waals surface area contributed by atoms with Crippen molar-refractivity contribution >= 4 is 11.6 Å². The molecule has 2 aromatic carbocycles. The molecule has 1 unspecified atom stereocenters. The maximum atomic E-state index is 13.5. The highest BCUT2D eigenvalue weighted by molar-refractivity contribution is 6.30. The molecule has 106 valence electrons. The van der Waals surface area contributed by atoms with Crippen LogP contribution in [0.2, 0.25) is 5.02 Å². The minimum absolute atomic E-state index is 0.206. The van der Waals surface area contributed by atoms with Gasteiger partial charge in [0, 0.05) is 11.1 Å². The van der Waals surface area contributed by atoms with Gasteiger partial charge in [-0.25, -0.2) is 8.78 Å². The first kappa shape index (κ1) is 14.8. The molecule has 2 N–H and O–H groups in total. The summed E-state index contributed by atoms with van der Waals surface area (Å²) in [6.45, 7) is 0.206. The Morgan fingerprint density at radius 2 is 1.80 bits per heavy atom. The fraction of sp³-hybridized carbons (Fsp3) is 0.200. The zero-order valence-electron chi connectivity index (χ0n) is 10.7. The number of benzene rings is 2. The molecule has 1 atom stereocenters. The number of nitrogens with two attached hydrogens (primary N) is 1. The van der Waals surface area contributed by atoms with Crippen LogP contribution in [0, 0.1) is 11.6 Å². The number of hydrogen-bond acceptors (Lipinski definition) is 2. The van der Waals surface area contributed by atoms with Crippen LogP contribution >= 0.6 is 11.6 Å². The largest absolute Gasteiger partial charge is 0.492 e. The number of hydrogen-bond donors (Lipinski definition) is 1. The third-order valence-electron chi connectivity index (χ3n) is 2.79. The summed E-state index contributed by atoms with van der Waals surface area (Å²) in [5.41, 5.74) is 6.11. The highest BCUT2D eigenvalue weighted by Gasteiger charge is 2.12. The van der Waals surface area contributed by atoms with Crippen molar-refractivity contribution < 1.29 is 13.5 Å². The molecule has 0 saturated heterocycles. The number of halogens is 3. The van der Waals surface area contributed by atoms with E-state index in [2.05, 4.69) is 0 Å². The second kappa shape index (κ2) is 6.68. The van der Waals surface area contributed by atoms with Crippen molar-refractivity contribution in [1.82, 2.24) is 0 Å². The second-order valence-corrected chi connectivity index (χ2v) is 4.88. The SMILES string of the molecule is NC(COc1ccc(Cl)cc1)Cc1cccc(F)c1F. The van der Waals surface area contributed by atoms with E-state index in [9.17, 15) is 8.78 Å². The monoisotopic (exact) mass is 297 g/mol. The van der Waals surface area contributed by atoms with Gasteiger partial charge < -0.3 is 10.5 Å². The molecule has 0 saturated carbocycles. The van der Waals surface area contributed by atoms with Crippen LogP contribution in [0.1, 0.15) is 5.56 Å². The van der Waals surface area contributed by atoms with Gasteiger partial charge >= 0.3 is 0 Å². The Balaban J connectivity index is 1.91. The van der Waals surface area contributed by atoms with E-state index >= 15 is 0 Å². The fourth-order valence-corrected chi connectivity index (χ4v) is 1.91. The molecule has 0 bridgehead atoms. The van der Waals surface area contributed by atoms with E-state index in [1.807, 2.05) is 0 Å². The summed E-state index contributed by atoms with van der Waals surface area (Å²) < 4.78 is 32.0. The Hall–Kier alpha value is -1.65. The molecule has 5 heteroatoms. The van der Waals surface area contributed by atoms with Crippen LogP contribution in [0.4, 0.5) is 8.78 Å². The van der Waals surface area contributed by atoms with Gasteiger partial charge in [0.25, 0.3) is 0 Å². The van der Waals surface area contributed by atoms with E-state index in [0.29, 0.717) is 10.8 Å². The quantitative estimate of drug-likeness (QED) is 0.916. The van der Waals surface area contributed by atoms with Crippen molar-refractivity contribution in [2.75, 3.05) is 6.61 Å². The highest BCUT2D eigenvalue weighted by Crippen LogP contribution is 2.16. The fourth-order valence-electron chi connectivity index (χ4n) is 1.78. The average Bonchev–Trinajstić information content (AvgIpc) is 2.43. The smallest absolute Gasteiger partial charge is 0.162 e. The molecule has 0 spiro atoms. The van der Waals surface area contributed by atoms with Crippen LogP contribution in [0.3, 0.4) is 0 Å². The van der Waals surface area contributed by atoms with Crippen LogP contribution in [0.25, 0.3) is 0 Å². The Morgan fingerprint density at radius 3 is 2.50 bits per heavy atom.